The molecule has 1 rings (SSSR count). The van der Waals surface area contributed by atoms with Gasteiger partial charge in [0.2, 0.25) is 0 Å². The molecule has 1 N–H and O–H groups in total. The maximum Gasteiger partial charge on any atom is 0.0701 e. The first-order valence-electron chi connectivity index (χ1n) is 7.97. The molecule has 0 bridgehead atoms. The lowest BCUT2D eigenvalue weighted by Crippen LogP contribution is -2.49. The summed E-state index contributed by atoms with van der Waals surface area (Å²) in [5.41, 5.74) is 0.302. The summed E-state index contributed by atoms with van der Waals surface area (Å²) >= 11 is 0. The Kier molecular flexibility index (Phi) is 7.33. The van der Waals surface area contributed by atoms with Gasteiger partial charge < -0.3 is 15.0 Å². The van der Waals surface area contributed by atoms with Crippen molar-refractivity contribution < 1.29 is 4.74 Å². The topological polar surface area (TPSA) is 24.5 Å². The highest BCUT2D eigenvalue weighted by atomic mass is 16.5. The van der Waals surface area contributed by atoms with Crippen molar-refractivity contribution in [3.05, 3.63) is 0 Å². The molecule has 1 fully saturated rings. The molecule has 2 unspecified atom stereocenters. The summed E-state index contributed by atoms with van der Waals surface area (Å²) in [6.07, 6.45) is 5.44. The lowest BCUT2D eigenvalue weighted by atomic mass is 9.86. The molecule has 0 spiro atoms. The van der Waals surface area contributed by atoms with Crippen molar-refractivity contribution in [2.75, 3.05) is 33.3 Å². The third kappa shape index (κ3) is 6.73. The second kappa shape index (κ2) is 8.23. The van der Waals surface area contributed by atoms with Gasteiger partial charge in [-0.25, -0.2) is 0 Å². The van der Waals surface area contributed by atoms with Crippen LogP contribution in [0.2, 0.25) is 0 Å². The smallest absolute Gasteiger partial charge is 0.0701 e. The maximum absolute atomic E-state index is 5.83. The minimum Gasteiger partial charge on any atom is -0.377 e. The summed E-state index contributed by atoms with van der Waals surface area (Å²) in [5.74, 6) is 0. The van der Waals surface area contributed by atoms with Crippen molar-refractivity contribution in [3.63, 3.8) is 0 Å². The van der Waals surface area contributed by atoms with E-state index in [-0.39, 0.29) is 0 Å². The van der Waals surface area contributed by atoms with E-state index in [1.165, 1.54) is 25.7 Å². The van der Waals surface area contributed by atoms with Gasteiger partial charge in [0.05, 0.1) is 6.10 Å². The van der Waals surface area contributed by atoms with E-state index in [1.54, 1.807) is 0 Å². The Balaban J connectivity index is 2.38. The Morgan fingerprint density at radius 1 is 1.32 bits per heavy atom. The first-order valence-corrected chi connectivity index (χ1v) is 7.97. The number of ether oxygens (including phenoxy) is 1. The molecule has 1 heterocycles. The van der Waals surface area contributed by atoms with E-state index in [9.17, 15) is 0 Å². The maximum atomic E-state index is 5.83. The average Bonchev–Trinajstić information content (AvgIpc) is 2.34. The highest BCUT2D eigenvalue weighted by molar-refractivity contribution is 4.83. The lowest BCUT2D eigenvalue weighted by Gasteiger charge is -2.36. The summed E-state index contributed by atoms with van der Waals surface area (Å²) in [4.78, 5) is 2.44. The van der Waals surface area contributed by atoms with E-state index in [4.69, 9.17) is 4.74 Å². The summed E-state index contributed by atoms with van der Waals surface area (Å²) in [6.45, 7) is 13.4. The standard InChI is InChI=1S/C16H34N2O/c1-6-10-17-15(16(2,3)4)13-18(5)12-14-9-7-8-11-19-14/h14-15,17H,6-13H2,1-5H3. The molecule has 0 aromatic heterocycles. The van der Waals surface area contributed by atoms with Crippen LogP contribution in [0.25, 0.3) is 0 Å². The molecule has 1 aliphatic heterocycles. The minimum absolute atomic E-state index is 0.302. The van der Waals surface area contributed by atoms with Crippen molar-refractivity contribution in [1.29, 1.82) is 0 Å². The van der Waals surface area contributed by atoms with Crippen LogP contribution in [0.15, 0.2) is 0 Å². The van der Waals surface area contributed by atoms with Crippen molar-refractivity contribution >= 4 is 0 Å². The highest BCUT2D eigenvalue weighted by Gasteiger charge is 2.26. The van der Waals surface area contributed by atoms with Gasteiger partial charge >= 0.3 is 0 Å². The molecule has 114 valence electrons. The highest BCUT2D eigenvalue weighted by Crippen LogP contribution is 2.21. The van der Waals surface area contributed by atoms with Crippen LogP contribution in [0.5, 0.6) is 0 Å². The Hall–Kier alpha value is -0.120. The van der Waals surface area contributed by atoms with Crippen LogP contribution in [-0.4, -0.2) is 50.3 Å². The Labute approximate surface area is 120 Å². The number of nitrogens with one attached hydrogen (secondary N) is 1. The third-order valence-corrected chi connectivity index (χ3v) is 3.97. The van der Waals surface area contributed by atoms with Crippen molar-refractivity contribution in [1.82, 2.24) is 10.2 Å². The van der Waals surface area contributed by atoms with Gasteiger partial charge in [0.15, 0.2) is 0 Å². The van der Waals surface area contributed by atoms with Crippen LogP contribution in [0.3, 0.4) is 0 Å². The van der Waals surface area contributed by atoms with Crippen LogP contribution in [0, 0.1) is 5.41 Å². The fourth-order valence-electron chi connectivity index (χ4n) is 2.65. The van der Waals surface area contributed by atoms with Gasteiger partial charge in [-0.2, -0.15) is 0 Å². The van der Waals surface area contributed by atoms with Crippen LogP contribution < -0.4 is 5.32 Å². The van der Waals surface area contributed by atoms with E-state index in [0.29, 0.717) is 17.6 Å². The number of likely N-dealkylation sites (N-methyl/N-ethyl adjacent to an activating group) is 1. The molecule has 0 amide bonds. The van der Waals surface area contributed by atoms with E-state index in [1.807, 2.05) is 0 Å². The molecule has 2 atom stereocenters. The molecule has 0 saturated carbocycles. The van der Waals surface area contributed by atoms with Gasteiger partial charge in [-0.1, -0.05) is 27.7 Å². The fraction of sp³-hybridized carbons (Fsp3) is 1.00. The Morgan fingerprint density at radius 3 is 2.58 bits per heavy atom. The molecule has 0 aromatic carbocycles. The molecular weight excluding hydrogens is 236 g/mol. The average molecular weight is 270 g/mol. The molecule has 1 aliphatic rings. The number of hydrogen-bond donors (Lipinski definition) is 1. The summed E-state index contributed by atoms with van der Waals surface area (Å²) in [6, 6.07) is 0.543. The van der Waals surface area contributed by atoms with Gasteiger partial charge in [-0.05, 0) is 44.7 Å². The zero-order valence-electron chi connectivity index (χ0n) is 13.7. The third-order valence-electron chi connectivity index (χ3n) is 3.97. The summed E-state index contributed by atoms with van der Waals surface area (Å²) in [7, 11) is 2.23. The fourth-order valence-corrected chi connectivity index (χ4v) is 2.65. The van der Waals surface area contributed by atoms with Crippen LogP contribution >= 0.6 is 0 Å². The van der Waals surface area contributed by atoms with E-state index in [0.717, 1.165) is 26.2 Å². The molecular formula is C16H34N2O. The van der Waals surface area contributed by atoms with Crippen LogP contribution in [0.1, 0.15) is 53.4 Å². The normalized spacial score (nSPS) is 22.7. The van der Waals surface area contributed by atoms with Crippen LogP contribution in [-0.2, 0) is 4.74 Å². The second-order valence-corrected chi connectivity index (χ2v) is 7.08. The van der Waals surface area contributed by atoms with E-state index >= 15 is 0 Å². The van der Waals surface area contributed by atoms with Crippen molar-refractivity contribution in [2.45, 2.75) is 65.5 Å². The predicted octanol–water partition coefficient (Wildman–Crippen LogP) is 2.90. The minimum atomic E-state index is 0.302. The van der Waals surface area contributed by atoms with Gasteiger partial charge in [-0.15, -0.1) is 0 Å². The largest absolute Gasteiger partial charge is 0.377 e. The van der Waals surface area contributed by atoms with Gasteiger partial charge in [0.1, 0.15) is 0 Å². The van der Waals surface area contributed by atoms with E-state index < -0.39 is 0 Å². The SMILES string of the molecule is CCCNC(CN(C)CC1CCCCO1)C(C)(C)C. The Morgan fingerprint density at radius 2 is 2.05 bits per heavy atom. The molecule has 0 aliphatic carbocycles. The summed E-state index contributed by atoms with van der Waals surface area (Å²) < 4.78 is 5.83. The number of hydrogen-bond acceptors (Lipinski definition) is 3. The quantitative estimate of drug-likeness (QED) is 0.770. The molecule has 3 nitrogen and oxygen atoms in total. The van der Waals surface area contributed by atoms with Gasteiger partial charge in [-0.3, -0.25) is 0 Å². The number of nitrogens with zero attached hydrogens (tertiary/aromatic N) is 1. The molecule has 19 heavy (non-hydrogen) atoms. The molecule has 3 heteroatoms. The molecule has 0 radical (unpaired) electrons. The molecule has 1 saturated heterocycles. The van der Waals surface area contributed by atoms with Gasteiger partial charge in [0.25, 0.3) is 0 Å². The monoisotopic (exact) mass is 270 g/mol. The first kappa shape index (κ1) is 16.9. The molecule has 0 aromatic rings. The van der Waals surface area contributed by atoms with Crippen LogP contribution in [0.4, 0.5) is 0 Å². The first-order chi connectivity index (χ1) is 8.93. The van der Waals surface area contributed by atoms with Crippen molar-refractivity contribution in [2.24, 2.45) is 5.41 Å². The Bertz CT molecular complexity index is 231. The second-order valence-electron chi connectivity index (χ2n) is 7.08. The lowest BCUT2D eigenvalue weighted by molar-refractivity contribution is -0.00453. The zero-order valence-corrected chi connectivity index (χ0v) is 13.7. The summed E-state index contributed by atoms with van der Waals surface area (Å²) in [5, 5.41) is 3.70. The van der Waals surface area contributed by atoms with E-state index in [2.05, 4.69) is 45.0 Å². The predicted molar refractivity (Wildman–Crippen MR) is 82.6 cm³/mol. The number of rotatable bonds is 7. The van der Waals surface area contributed by atoms with Crippen molar-refractivity contribution in [3.8, 4) is 0 Å². The van der Waals surface area contributed by atoms with Gasteiger partial charge in [0, 0.05) is 25.7 Å². The zero-order chi connectivity index (χ0) is 14.3.